The molecule has 3 aliphatic rings. The number of fused-ring (bicyclic) bond motifs is 3. The highest BCUT2D eigenvalue weighted by Crippen LogP contribution is 2.24. The molecule has 2 fully saturated rings. The molecule has 0 spiro atoms. The second-order valence-corrected chi connectivity index (χ2v) is 8.59. The summed E-state index contributed by atoms with van der Waals surface area (Å²) in [7, 11) is 2.16. The molecule has 9 nitrogen and oxygen atoms in total. The number of anilines is 1. The zero-order valence-corrected chi connectivity index (χ0v) is 17.7. The number of nitrogens with zero attached hydrogens (tertiary/aromatic N) is 6. The molecule has 2 aromatic rings. The Morgan fingerprint density at radius 1 is 1.23 bits per heavy atom. The highest BCUT2D eigenvalue weighted by molar-refractivity contribution is 5.78. The molecule has 0 aliphatic carbocycles. The van der Waals surface area contributed by atoms with Gasteiger partial charge in [-0.2, -0.15) is 0 Å². The van der Waals surface area contributed by atoms with Crippen LogP contribution < -0.4 is 10.2 Å². The fourth-order valence-corrected chi connectivity index (χ4v) is 4.36. The van der Waals surface area contributed by atoms with Gasteiger partial charge in [0.2, 0.25) is 5.91 Å². The van der Waals surface area contributed by atoms with Crippen molar-refractivity contribution in [1.82, 2.24) is 29.7 Å². The lowest BCUT2D eigenvalue weighted by Gasteiger charge is -2.33. The highest BCUT2D eigenvalue weighted by Gasteiger charge is 2.25. The third-order valence-corrected chi connectivity index (χ3v) is 6.50. The van der Waals surface area contributed by atoms with E-state index < -0.39 is 0 Å². The van der Waals surface area contributed by atoms with Crippen LogP contribution in [0.3, 0.4) is 0 Å². The van der Waals surface area contributed by atoms with Crippen LogP contribution in [0.5, 0.6) is 0 Å². The van der Waals surface area contributed by atoms with Crippen LogP contribution in [0.15, 0.2) is 12.3 Å². The van der Waals surface area contributed by atoms with E-state index in [2.05, 4.69) is 32.8 Å². The first-order chi connectivity index (χ1) is 14.7. The van der Waals surface area contributed by atoms with E-state index in [0.29, 0.717) is 38.8 Å². The predicted octanol–water partition coefficient (Wildman–Crippen LogP) is 0.294. The first-order valence-electron chi connectivity index (χ1n) is 11.0. The van der Waals surface area contributed by atoms with Gasteiger partial charge in [-0.3, -0.25) is 4.79 Å². The van der Waals surface area contributed by atoms with Crippen molar-refractivity contribution in [1.29, 1.82) is 0 Å². The molecule has 1 N–H and O–H groups in total. The minimum Gasteiger partial charge on any atom is -0.379 e. The Bertz CT molecular complexity index is 902. The van der Waals surface area contributed by atoms with Gasteiger partial charge < -0.3 is 29.3 Å². The maximum absolute atomic E-state index is 12.6. The summed E-state index contributed by atoms with van der Waals surface area (Å²) in [6.45, 7) is 8.40. The molecule has 9 heteroatoms. The number of nitrogens with one attached hydrogen (secondary N) is 1. The molecule has 30 heavy (non-hydrogen) atoms. The molecular formula is C21H31N7O2. The Morgan fingerprint density at radius 2 is 2.07 bits per heavy atom. The molecule has 162 valence electrons. The predicted molar refractivity (Wildman–Crippen MR) is 114 cm³/mol. The average molecular weight is 414 g/mol. The molecule has 1 unspecified atom stereocenters. The van der Waals surface area contributed by atoms with Gasteiger partial charge in [-0.1, -0.05) is 0 Å². The molecule has 0 aromatic carbocycles. The fourth-order valence-electron chi connectivity index (χ4n) is 4.36. The minimum atomic E-state index is 0.140. The van der Waals surface area contributed by atoms with Gasteiger partial charge in [-0.05, 0) is 26.1 Å². The Balaban J connectivity index is 1.21. The maximum Gasteiger partial charge on any atom is 0.225 e. The molecule has 5 heterocycles. The number of imidazole rings is 1. The van der Waals surface area contributed by atoms with Crippen molar-refractivity contribution in [3.63, 3.8) is 0 Å². The van der Waals surface area contributed by atoms with Crippen LogP contribution in [0, 0.1) is 0 Å². The summed E-state index contributed by atoms with van der Waals surface area (Å²) >= 11 is 0. The SMILES string of the molecule is CN1CCN(c2cnc3c(c2)nc2n3CCN(C(=O)CCOCC3CCN3)C2)CC1. The molecule has 1 amide bonds. The van der Waals surface area contributed by atoms with Gasteiger partial charge in [0, 0.05) is 45.3 Å². The number of ether oxygens (including phenoxy) is 1. The van der Waals surface area contributed by atoms with E-state index in [4.69, 9.17) is 14.7 Å². The summed E-state index contributed by atoms with van der Waals surface area (Å²) in [6.07, 6.45) is 3.56. The van der Waals surface area contributed by atoms with Gasteiger partial charge in [-0.15, -0.1) is 0 Å². The third-order valence-electron chi connectivity index (χ3n) is 6.50. The number of hydrogen-bond acceptors (Lipinski definition) is 7. The fraction of sp³-hybridized carbons (Fsp3) is 0.667. The van der Waals surface area contributed by atoms with Crippen LogP contribution >= 0.6 is 0 Å². The molecule has 5 rings (SSSR count). The summed E-state index contributed by atoms with van der Waals surface area (Å²) in [6, 6.07) is 2.62. The molecule has 0 bridgehead atoms. The number of carbonyl (C=O) groups is 1. The summed E-state index contributed by atoms with van der Waals surface area (Å²) in [5.41, 5.74) is 2.98. The van der Waals surface area contributed by atoms with Crippen LogP contribution in [0.1, 0.15) is 18.7 Å². The number of aromatic nitrogens is 3. The average Bonchev–Trinajstić information content (AvgIpc) is 3.09. The van der Waals surface area contributed by atoms with Crippen molar-refractivity contribution in [3.05, 3.63) is 18.1 Å². The Hall–Kier alpha value is -2.23. The van der Waals surface area contributed by atoms with E-state index >= 15 is 0 Å². The molecule has 0 saturated carbocycles. The number of amides is 1. The molecule has 3 aliphatic heterocycles. The first-order valence-corrected chi connectivity index (χ1v) is 11.0. The van der Waals surface area contributed by atoms with Crippen LogP contribution in [-0.4, -0.2) is 95.8 Å². The number of rotatable bonds is 6. The zero-order valence-electron chi connectivity index (χ0n) is 17.7. The molecule has 1 atom stereocenters. The van der Waals surface area contributed by atoms with Gasteiger partial charge in [0.25, 0.3) is 0 Å². The van der Waals surface area contributed by atoms with E-state index in [1.54, 1.807) is 0 Å². The van der Waals surface area contributed by atoms with Crippen LogP contribution in [0.2, 0.25) is 0 Å². The number of likely N-dealkylation sites (N-methyl/N-ethyl adjacent to an activating group) is 1. The topological polar surface area (TPSA) is 78.8 Å². The van der Waals surface area contributed by atoms with Crippen molar-refractivity contribution >= 4 is 22.8 Å². The van der Waals surface area contributed by atoms with Gasteiger partial charge in [0.15, 0.2) is 5.65 Å². The Kier molecular flexibility index (Phi) is 5.58. The van der Waals surface area contributed by atoms with Crippen LogP contribution in [0.25, 0.3) is 11.2 Å². The lowest BCUT2D eigenvalue weighted by molar-refractivity contribution is -0.134. The minimum absolute atomic E-state index is 0.140. The second-order valence-electron chi connectivity index (χ2n) is 8.59. The Labute approximate surface area is 177 Å². The largest absolute Gasteiger partial charge is 0.379 e. The van der Waals surface area contributed by atoms with E-state index in [9.17, 15) is 4.79 Å². The highest BCUT2D eigenvalue weighted by atomic mass is 16.5. The van der Waals surface area contributed by atoms with Crippen molar-refractivity contribution in [3.8, 4) is 0 Å². The zero-order chi connectivity index (χ0) is 20.5. The van der Waals surface area contributed by atoms with E-state index in [1.807, 2.05) is 11.1 Å². The van der Waals surface area contributed by atoms with Crippen molar-refractivity contribution in [2.75, 3.05) is 64.4 Å². The maximum atomic E-state index is 12.6. The van der Waals surface area contributed by atoms with E-state index in [0.717, 1.165) is 61.9 Å². The summed E-state index contributed by atoms with van der Waals surface area (Å²) in [4.78, 5) is 28.8. The molecule has 2 saturated heterocycles. The summed E-state index contributed by atoms with van der Waals surface area (Å²) in [5, 5.41) is 3.30. The number of pyridine rings is 1. The van der Waals surface area contributed by atoms with Crippen molar-refractivity contribution in [2.24, 2.45) is 0 Å². The van der Waals surface area contributed by atoms with Gasteiger partial charge in [0.05, 0.1) is 38.1 Å². The second kappa shape index (κ2) is 8.49. The van der Waals surface area contributed by atoms with Crippen LogP contribution in [-0.2, 0) is 22.6 Å². The molecular weight excluding hydrogens is 382 g/mol. The normalized spacial score (nSPS) is 22.2. The smallest absolute Gasteiger partial charge is 0.225 e. The first kappa shape index (κ1) is 19.7. The van der Waals surface area contributed by atoms with Gasteiger partial charge >= 0.3 is 0 Å². The van der Waals surface area contributed by atoms with E-state index in [-0.39, 0.29) is 5.91 Å². The molecule has 2 aromatic heterocycles. The summed E-state index contributed by atoms with van der Waals surface area (Å²) in [5.74, 6) is 1.06. The standard InChI is InChI=1S/C21H31N7O2/c1-25-5-7-26(8-6-25)17-12-18-21(23-13-17)28-10-9-27(14-19(28)24-18)20(29)3-11-30-15-16-2-4-22-16/h12-13,16,22H,2-11,14-15H2,1H3. The number of piperazine rings is 1. The van der Waals surface area contributed by atoms with Crippen molar-refractivity contribution in [2.45, 2.75) is 32.0 Å². The third kappa shape index (κ3) is 4.01. The monoisotopic (exact) mass is 413 g/mol. The number of carbonyl (C=O) groups excluding carboxylic acids is 1. The van der Waals surface area contributed by atoms with Crippen molar-refractivity contribution < 1.29 is 9.53 Å². The van der Waals surface area contributed by atoms with Gasteiger partial charge in [-0.25, -0.2) is 9.97 Å². The lowest BCUT2D eigenvalue weighted by atomic mass is 10.1. The lowest BCUT2D eigenvalue weighted by Crippen LogP contribution is -2.46. The number of hydrogen-bond donors (Lipinski definition) is 1. The van der Waals surface area contributed by atoms with E-state index in [1.165, 1.54) is 6.42 Å². The van der Waals surface area contributed by atoms with Gasteiger partial charge in [0.1, 0.15) is 11.3 Å². The Morgan fingerprint density at radius 3 is 2.83 bits per heavy atom. The van der Waals surface area contributed by atoms with Crippen LogP contribution in [0.4, 0.5) is 5.69 Å². The quantitative estimate of drug-likeness (QED) is 0.682. The molecule has 0 radical (unpaired) electrons. The summed E-state index contributed by atoms with van der Waals surface area (Å²) < 4.78 is 7.80.